The number of likely N-dealkylation sites (N-methyl/N-ethyl adjacent to an activating group) is 1. The normalized spacial score (nSPS) is 23.4. The van der Waals surface area contributed by atoms with E-state index in [9.17, 15) is 4.79 Å². The van der Waals surface area contributed by atoms with E-state index in [-0.39, 0.29) is 23.3 Å². The van der Waals surface area contributed by atoms with Gasteiger partial charge >= 0.3 is 0 Å². The van der Waals surface area contributed by atoms with Crippen LogP contribution in [0.3, 0.4) is 0 Å². The number of ether oxygens (including phenoxy) is 1. The summed E-state index contributed by atoms with van der Waals surface area (Å²) >= 11 is 6.00. The summed E-state index contributed by atoms with van der Waals surface area (Å²) < 4.78 is 5.36. The molecule has 0 aromatic carbocycles. The van der Waals surface area contributed by atoms with E-state index in [0.717, 1.165) is 42.8 Å². The first-order valence-electron chi connectivity index (χ1n) is 7.62. The molecule has 1 unspecified atom stereocenters. The maximum atomic E-state index is 12.3. The van der Waals surface area contributed by atoms with Crippen LogP contribution in [-0.4, -0.2) is 48.2 Å². The van der Waals surface area contributed by atoms with Crippen LogP contribution in [0, 0.1) is 0 Å². The third-order valence-electron chi connectivity index (χ3n) is 4.29. The first kappa shape index (κ1) is 15.5. The second-order valence-electron chi connectivity index (χ2n) is 6.36. The largest absolute Gasteiger partial charge is 0.379 e. The van der Waals surface area contributed by atoms with E-state index in [2.05, 4.69) is 15.3 Å². The van der Waals surface area contributed by atoms with Gasteiger partial charge in [0.1, 0.15) is 5.82 Å². The molecule has 1 N–H and O–H groups in total. The second-order valence-corrected chi connectivity index (χ2v) is 6.70. The fraction of sp³-hybridized carbons (Fsp3) is 0.667. The fourth-order valence-corrected chi connectivity index (χ4v) is 3.31. The number of fused-ring (bicyclic) bond motifs is 1. The Labute approximate surface area is 135 Å². The number of halogens is 1. The molecule has 1 atom stereocenters. The Bertz CT molecular complexity index is 587. The first-order valence-corrected chi connectivity index (χ1v) is 8.00. The minimum Gasteiger partial charge on any atom is -0.379 e. The number of carbonyl (C=O) groups excluding carboxylic acids is 1. The van der Waals surface area contributed by atoms with Gasteiger partial charge in [-0.2, -0.15) is 0 Å². The number of amides is 1. The maximum absolute atomic E-state index is 12.3. The third kappa shape index (κ3) is 3.17. The summed E-state index contributed by atoms with van der Waals surface area (Å²) in [6.07, 6.45) is 3.78. The first-order chi connectivity index (χ1) is 10.5. The molecule has 3 rings (SSSR count). The fourth-order valence-electron chi connectivity index (χ4n) is 3.13. The zero-order valence-electron chi connectivity index (χ0n) is 13.0. The average Bonchev–Trinajstić information content (AvgIpc) is 3.06. The van der Waals surface area contributed by atoms with Gasteiger partial charge in [0.05, 0.1) is 24.4 Å². The van der Waals surface area contributed by atoms with Crippen molar-refractivity contribution in [3.05, 3.63) is 16.5 Å². The third-order valence-corrected chi connectivity index (χ3v) is 4.46. The van der Waals surface area contributed by atoms with Crippen molar-refractivity contribution in [3.63, 3.8) is 0 Å². The Morgan fingerprint density at radius 1 is 1.45 bits per heavy atom. The summed E-state index contributed by atoms with van der Waals surface area (Å²) in [7, 11) is 1.87. The average molecular weight is 325 g/mol. The van der Waals surface area contributed by atoms with Gasteiger partial charge < -0.3 is 15.0 Å². The molecule has 2 heterocycles. The van der Waals surface area contributed by atoms with E-state index in [4.69, 9.17) is 16.3 Å². The van der Waals surface area contributed by atoms with Crippen LogP contribution < -0.4 is 10.2 Å². The molecule has 1 saturated heterocycles. The Kier molecular flexibility index (Phi) is 4.23. The quantitative estimate of drug-likeness (QED) is 0.847. The van der Waals surface area contributed by atoms with Crippen LogP contribution in [0.4, 0.5) is 5.82 Å². The van der Waals surface area contributed by atoms with Crippen molar-refractivity contribution in [2.45, 2.75) is 38.1 Å². The van der Waals surface area contributed by atoms with Crippen molar-refractivity contribution in [1.82, 2.24) is 15.3 Å². The lowest BCUT2D eigenvalue weighted by Gasteiger charge is -2.26. The van der Waals surface area contributed by atoms with Crippen LogP contribution >= 0.6 is 11.6 Å². The van der Waals surface area contributed by atoms with E-state index >= 15 is 0 Å². The van der Waals surface area contributed by atoms with Gasteiger partial charge in [-0.25, -0.2) is 9.97 Å². The number of rotatable bonds is 4. The zero-order chi connectivity index (χ0) is 15.7. The van der Waals surface area contributed by atoms with E-state index in [1.54, 1.807) is 0 Å². The lowest BCUT2D eigenvalue weighted by Crippen LogP contribution is -2.49. The molecule has 1 fully saturated rings. The van der Waals surface area contributed by atoms with E-state index < -0.39 is 0 Å². The Hall–Kier alpha value is -1.40. The van der Waals surface area contributed by atoms with Crippen LogP contribution in [0.15, 0.2) is 0 Å². The van der Waals surface area contributed by atoms with E-state index in [1.807, 2.05) is 18.9 Å². The number of nitrogens with one attached hydrogen (secondary N) is 1. The Morgan fingerprint density at radius 2 is 2.27 bits per heavy atom. The maximum Gasteiger partial charge on any atom is 0.240 e. The molecule has 1 amide bonds. The van der Waals surface area contributed by atoms with Crippen LogP contribution in [0.25, 0.3) is 0 Å². The SMILES string of the molecule is CN(CC(=O)NC1(C)CCOC1)c1nc(Cl)nc2c1CCC2. The minimum atomic E-state index is -0.261. The van der Waals surface area contributed by atoms with Crippen LogP contribution in [0.1, 0.15) is 31.0 Å². The number of hydrogen-bond acceptors (Lipinski definition) is 5. The highest BCUT2D eigenvalue weighted by Gasteiger charge is 2.31. The number of nitrogens with zero attached hydrogens (tertiary/aromatic N) is 3. The van der Waals surface area contributed by atoms with Crippen molar-refractivity contribution in [3.8, 4) is 0 Å². The summed E-state index contributed by atoms with van der Waals surface area (Å²) in [5, 5.41) is 3.31. The molecule has 1 aliphatic carbocycles. The van der Waals surface area contributed by atoms with Gasteiger partial charge in [-0.05, 0) is 44.2 Å². The molecule has 6 nitrogen and oxygen atoms in total. The topological polar surface area (TPSA) is 67.4 Å². The summed E-state index contributed by atoms with van der Waals surface area (Å²) in [5.41, 5.74) is 1.87. The molecule has 7 heteroatoms. The zero-order valence-corrected chi connectivity index (χ0v) is 13.7. The Morgan fingerprint density at radius 3 is 3.00 bits per heavy atom. The molecule has 1 aromatic heterocycles. The molecule has 0 radical (unpaired) electrons. The highest BCUT2D eigenvalue weighted by atomic mass is 35.5. The van der Waals surface area contributed by atoms with Crippen molar-refractivity contribution >= 4 is 23.3 Å². The minimum absolute atomic E-state index is 0.0306. The van der Waals surface area contributed by atoms with Crippen molar-refractivity contribution in [1.29, 1.82) is 0 Å². The molecule has 1 aromatic rings. The monoisotopic (exact) mass is 324 g/mol. The van der Waals surface area contributed by atoms with Gasteiger partial charge in [-0.15, -0.1) is 0 Å². The molecule has 22 heavy (non-hydrogen) atoms. The number of hydrogen-bond donors (Lipinski definition) is 1. The van der Waals surface area contributed by atoms with Crippen molar-refractivity contribution in [2.24, 2.45) is 0 Å². The highest BCUT2D eigenvalue weighted by molar-refractivity contribution is 6.28. The second kappa shape index (κ2) is 6.01. The van der Waals surface area contributed by atoms with Gasteiger partial charge in [0.25, 0.3) is 0 Å². The number of aromatic nitrogens is 2. The van der Waals surface area contributed by atoms with E-state index in [1.165, 1.54) is 0 Å². The number of carbonyl (C=O) groups is 1. The molecule has 0 bridgehead atoms. The molecule has 0 spiro atoms. The van der Waals surface area contributed by atoms with Gasteiger partial charge in [-0.3, -0.25) is 4.79 Å². The summed E-state index contributed by atoms with van der Waals surface area (Å²) in [4.78, 5) is 22.7. The van der Waals surface area contributed by atoms with Gasteiger partial charge in [-0.1, -0.05) is 0 Å². The van der Waals surface area contributed by atoms with Crippen LogP contribution in [-0.2, 0) is 22.4 Å². The lowest BCUT2D eigenvalue weighted by molar-refractivity contribution is -0.121. The number of aryl methyl sites for hydroxylation is 1. The molecular weight excluding hydrogens is 304 g/mol. The van der Waals surface area contributed by atoms with Crippen molar-refractivity contribution < 1.29 is 9.53 Å². The smallest absolute Gasteiger partial charge is 0.240 e. The van der Waals surface area contributed by atoms with Gasteiger partial charge in [0, 0.05) is 19.2 Å². The predicted molar refractivity (Wildman–Crippen MR) is 84.3 cm³/mol. The summed E-state index contributed by atoms with van der Waals surface area (Å²) in [6.45, 7) is 3.52. The highest BCUT2D eigenvalue weighted by Crippen LogP contribution is 2.29. The summed E-state index contributed by atoms with van der Waals surface area (Å²) in [5.74, 6) is 0.743. The van der Waals surface area contributed by atoms with Gasteiger partial charge in [0.15, 0.2) is 0 Å². The molecule has 0 saturated carbocycles. The van der Waals surface area contributed by atoms with Crippen molar-refractivity contribution in [2.75, 3.05) is 31.7 Å². The van der Waals surface area contributed by atoms with Gasteiger partial charge in [0.2, 0.25) is 11.2 Å². The molecule has 1 aliphatic heterocycles. The van der Waals surface area contributed by atoms with Crippen LogP contribution in [0.2, 0.25) is 5.28 Å². The number of anilines is 1. The standard InChI is InChI=1S/C15H21ClN4O2/c1-15(6-7-22-9-15)19-12(21)8-20(2)13-10-4-3-5-11(10)17-14(16)18-13/h3-9H2,1-2H3,(H,19,21). The summed E-state index contributed by atoms with van der Waals surface area (Å²) in [6, 6.07) is 0. The molecule has 2 aliphatic rings. The molecule has 120 valence electrons. The van der Waals surface area contributed by atoms with Crippen LogP contribution in [0.5, 0.6) is 0 Å². The van der Waals surface area contributed by atoms with E-state index in [0.29, 0.717) is 13.2 Å². The lowest BCUT2D eigenvalue weighted by atomic mass is 10.0. The molecular formula is C15H21ClN4O2. The Balaban J connectivity index is 1.69. The predicted octanol–water partition coefficient (Wildman–Crippen LogP) is 1.35.